The number of rotatable bonds is 4. The maximum Gasteiger partial charge on any atom is 0.230 e. The second-order valence-corrected chi connectivity index (χ2v) is 6.59. The van der Waals surface area contributed by atoms with Crippen molar-refractivity contribution >= 4 is 17.2 Å². The number of thiophene rings is 1. The van der Waals surface area contributed by atoms with E-state index in [9.17, 15) is 4.79 Å². The van der Waals surface area contributed by atoms with Crippen molar-refractivity contribution in [2.75, 3.05) is 19.6 Å². The van der Waals surface area contributed by atoms with Crippen LogP contribution < -0.4 is 5.32 Å². The highest BCUT2D eigenvalue weighted by atomic mass is 32.1. The van der Waals surface area contributed by atoms with Crippen molar-refractivity contribution in [1.29, 1.82) is 0 Å². The molecule has 104 valence electrons. The molecule has 0 aromatic carbocycles. The molecule has 1 aromatic heterocycles. The SMILES string of the molecule is CCCN(C(=O)C1CCCc2sccc21)C1CNC1. The summed E-state index contributed by atoms with van der Waals surface area (Å²) in [4.78, 5) is 16.5. The third-order valence-electron chi connectivity index (χ3n) is 4.30. The van der Waals surface area contributed by atoms with Crippen LogP contribution in [0.15, 0.2) is 11.4 Å². The van der Waals surface area contributed by atoms with Gasteiger partial charge in [-0.05, 0) is 42.7 Å². The van der Waals surface area contributed by atoms with Gasteiger partial charge < -0.3 is 10.2 Å². The highest BCUT2D eigenvalue weighted by Gasteiger charge is 2.35. The molecule has 0 spiro atoms. The lowest BCUT2D eigenvalue weighted by molar-refractivity contribution is -0.136. The Morgan fingerprint density at radius 2 is 2.37 bits per heavy atom. The molecular weight excluding hydrogens is 256 g/mol. The summed E-state index contributed by atoms with van der Waals surface area (Å²) in [7, 11) is 0. The minimum Gasteiger partial charge on any atom is -0.337 e. The maximum atomic E-state index is 12.9. The Labute approximate surface area is 119 Å². The molecule has 1 amide bonds. The molecule has 1 aliphatic carbocycles. The maximum absolute atomic E-state index is 12.9. The van der Waals surface area contributed by atoms with Crippen LogP contribution in [0, 0.1) is 0 Å². The fourth-order valence-corrected chi connectivity index (χ4v) is 4.14. The highest BCUT2D eigenvalue weighted by Crippen LogP contribution is 2.36. The Bertz CT molecular complexity index is 453. The van der Waals surface area contributed by atoms with Gasteiger partial charge in [0.2, 0.25) is 5.91 Å². The first kappa shape index (κ1) is 13.1. The predicted molar refractivity (Wildman–Crippen MR) is 78.7 cm³/mol. The number of fused-ring (bicyclic) bond motifs is 1. The highest BCUT2D eigenvalue weighted by molar-refractivity contribution is 7.10. The van der Waals surface area contributed by atoms with E-state index >= 15 is 0 Å². The Morgan fingerprint density at radius 1 is 1.53 bits per heavy atom. The average molecular weight is 278 g/mol. The molecule has 1 aromatic rings. The molecule has 3 rings (SSSR count). The van der Waals surface area contributed by atoms with Crippen LogP contribution in [0.4, 0.5) is 0 Å². The van der Waals surface area contributed by atoms with Crippen LogP contribution in [-0.4, -0.2) is 36.5 Å². The number of carbonyl (C=O) groups is 1. The summed E-state index contributed by atoms with van der Waals surface area (Å²) in [6.07, 6.45) is 4.40. The lowest BCUT2D eigenvalue weighted by atomic mass is 9.86. The number of hydrogen-bond acceptors (Lipinski definition) is 3. The number of aryl methyl sites for hydroxylation is 1. The zero-order valence-electron chi connectivity index (χ0n) is 11.5. The van der Waals surface area contributed by atoms with Crippen molar-refractivity contribution in [1.82, 2.24) is 10.2 Å². The minimum absolute atomic E-state index is 0.127. The van der Waals surface area contributed by atoms with Crippen molar-refractivity contribution in [2.24, 2.45) is 0 Å². The molecule has 1 atom stereocenters. The van der Waals surface area contributed by atoms with Crippen LogP contribution in [0.3, 0.4) is 0 Å². The van der Waals surface area contributed by atoms with Crippen LogP contribution in [0.5, 0.6) is 0 Å². The third-order valence-corrected chi connectivity index (χ3v) is 5.29. The largest absolute Gasteiger partial charge is 0.337 e. The monoisotopic (exact) mass is 278 g/mol. The van der Waals surface area contributed by atoms with Crippen LogP contribution in [0.2, 0.25) is 0 Å². The summed E-state index contributed by atoms with van der Waals surface area (Å²) >= 11 is 1.82. The first-order valence-electron chi connectivity index (χ1n) is 7.38. The van der Waals surface area contributed by atoms with Crippen molar-refractivity contribution in [3.8, 4) is 0 Å². The fraction of sp³-hybridized carbons (Fsp3) is 0.667. The van der Waals surface area contributed by atoms with E-state index in [-0.39, 0.29) is 5.92 Å². The van der Waals surface area contributed by atoms with Gasteiger partial charge in [-0.3, -0.25) is 4.79 Å². The van der Waals surface area contributed by atoms with E-state index in [2.05, 4.69) is 28.6 Å². The van der Waals surface area contributed by atoms with Crippen molar-refractivity contribution in [3.05, 3.63) is 21.9 Å². The summed E-state index contributed by atoms with van der Waals surface area (Å²) in [5.74, 6) is 0.495. The van der Waals surface area contributed by atoms with Crippen molar-refractivity contribution in [3.63, 3.8) is 0 Å². The van der Waals surface area contributed by atoms with Crippen LogP contribution in [0.25, 0.3) is 0 Å². The van der Waals surface area contributed by atoms with E-state index in [0.29, 0.717) is 11.9 Å². The minimum atomic E-state index is 0.127. The van der Waals surface area contributed by atoms with Gasteiger partial charge in [0.15, 0.2) is 0 Å². The summed E-state index contributed by atoms with van der Waals surface area (Å²) in [5, 5.41) is 5.42. The van der Waals surface area contributed by atoms with Gasteiger partial charge >= 0.3 is 0 Å². The fourth-order valence-electron chi connectivity index (χ4n) is 3.15. The molecular formula is C15H22N2OS. The summed E-state index contributed by atoms with van der Waals surface area (Å²) in [5.41, 5.74) is 1.31. The van der Waals surface area contributed by atoms with E-state index in [0.717, 1.165) is 45.3 Å². The normalized spacial score (nSPS) is 22.7. The smallest absolute Gasteiger partial charge is 0.230 e. The molecule has 0 radical (unpaired) electrons. The lowest BCUT2D eigenvalue weighted by Gasteiger charge is -2.40. The van der Waals surface area contributed by atoms with Crippen LogP contribution in [0.1, 0.15) is 42.5 Å². The predicted octanol–water partition coefficient (Wildman–Crippen LogP) is 2.38. The second-order valence-electron chi connectivity index (χ2n) is 5.59. The van der Waals surface area contributed by atoms with Gasteiger partial charge in [0.05, 0.1) is 12.0 Å². The summed E-state index contributed by atoms with van der Waals surface area (Å²) in [6.45, 7) is 4.99. The van der Waals surface area contributed by atoms with Crippen LogP contribution >= 0.6 is 11.3 Å². The molecule has 1 saturated heterocycles. The van der Waals surface area contributed by atoms with Gasteiger partial charge in [-0.15, -0.1) is 11.3 Å². The molecule has 1 fully saturated rings. The molecule has 0 bridgehead atoms. The van der Waals surface area contributed by atoms with E-state index in [1.165, 1.54) is 10.4 Å². The average Bonchev–Trinajstić information content (AvgIpc) is 2.83. The number of carbonyl (C=O) groups excluding carboxylic acids is 1. The second kappa shape index (κ2) is 5.63. The van der Waals surface area contributed by atoms with Crippen molar-refractivity contribution in [2.45, 2.75) is 44.6 Å². The first-order valence-corrected chi connectivity index (χ1v) is 8.26. The molecule has 0 saturated carbocycles. The van der Waals surface area contributed by atoms with E-state index in [4.69, 9.17) is 0 Å². The molecule has 1 aliphatic heterocycles. The number of hydrogen-bond donors (Lipinski definition) is 1. The molecule has 4 heteroatoms. The van der Waals surface area contributed by atoms with Gasteiger partial charge in [0, 0.05) is 24.5 Å². The topological polar surface area (TPSA) is 32.3 Å². The summed E-state index contributed by atoms with van der Waals surface area (Å²) in [6, 6.07) is 2.60. The quantitative estimate of drug-likeness (QED) is 0.917. The zero-order chi connectivity index (χ0) is 13.2. The van der Waals surface area contributed by atoms with Gasteiger partial charge in [0.1, 0.15) is 0 Å². The Balaban J connectivity index is 1.79. The molecule has 1 N–H and O–H groups in total. The van der Waals surface area contributed by atoms with Gasteiger partial charge in [-0.1, -0.05) is 6.92 Å². The zero-order valence-corrected chi connectivity index (χ0v) is 12.3. The Kier molecular flexibility index (Phi) is 3.89. The van der Waals surface area contributed by atoms with Crippen LogP contribution in [-0.2, 0) is 11.2 Å². The summed E-state index contributed by atoms with van der Waals surface area (Å²) < 4.78 is 0. The molecule has 2 aliphatic rings. The van der Waals surface area contributed by atoms with E-state index < -0.39 is 0 Å². The Morgan fingerprint density at radius 3 is 3.05 bits per heavy atom. The number of nitrogens with one attached hydrogen (secondary N) is 1. The molecule has 1 unspecified atom stereocenters. The van der Waals surface area contributed by atoms with Gasteiger partial charge in [0.25, 0.3) is 0 Å². The molecule has 2 heterocycles. The lowest BCUT2D eigenvalue weighted by Crippen LogP contribution is -2.59. The van der Waals surface area contributed by atoms with E-state index in [1.54, 1.807) is 0 Å². The third kappa shape index (κ3) is 2.43. The first-order chi connectivity index (χ1) is 9.31. The van der Waals surface area contributed by atoms with E-state index in [1.807, 2.05) is 11.3 Å². The number of nitrogens with zero attached hydrogens (tertiary/aromatic N) is 1. The molecule has 19 heavy (non-hydrogen) atoms. The Hall–Kier alpha value is -0.870. The number of amides is 1. The van der Waals surface area contributed by atoms with Gasteiger partial charge in [-0.2, -0.15) is 0 Å². The molecule has 3 nitrogen and oxygen atoms in total. The standard InChI is InChI=1S/C15H22N2OS/c1-2-7-17(11-9-16-10-11)15(18)13-4-3-5-14-12(13)6-8-19-14/h6,8,11,13,16H,2-5,7,9-10H2,1H3. The van der Waals surface area contributed by atoms with Crippen molar-refractivity contribution < 1.29 is 4.79 Å². The van der Waals surface area contributed by atoms with Gasteiger partial charge in [-0.25, -0.2) is 0 Å².